The molecule has 3 rings (SSSR count). The van der Waals surface area contributed by atoms with Crippen molar-refractivity contribution < 1.29 is 18.0 Å². The number of sulfonamides is 1. The minimum atomic E-state index is -3.60. The van der Waals surface area contributed by atoms with Gasteiger partial charge in [-0.25, -0.2) is 13.1 Å². The molecule has 0 aliphatic heterocycles. The molecule has 0 saturated heterocycles. The van der Waals surface area contributed by atoms with E-state index >= 15 is 0 Å². The summed E-state index contributed by atoms with van der Waals surface area (Å²) in [7, 11) is -3.60. The van der Waals surface area contributed by atoms with Crippen molar-refractivity contribution in [3.63, 3.8) is 0 Å². The maximum Gasteiger partial charge on any atom is 0.251 e. The number of benzene rings is 2. The third-order valence-corrected chi connectivity index (χ3v) is 6.47. The molecule has 0 unspecified atom stereocenters. The van der Waals surface area contributed by atoms with E-state index in [1.165, 1.54) is 6.08 Å². The predicted molar refractivity (Wildman–Crippen MR) is 126 cm³/mol. The Balaban J connectivity index is 1.41. The number of rotatable bonds is 9. The molecule has 1 saturated carbocycles. The summed E-state index contributed by atoms with van der Waals surface area (Å²) >= 11 is 0. The molecule has 7 nitrogen and oxygen atoms in total. The number of hydrogen-bond acceptors (Lipinski definition) is 4. The van der Waals surface area contributed by atoms with Crippen LogP contribution < -0.4 is 15.4 Å². The van der Waals surface area contributed by atoms with Crippen LogP contribution in [0.1, 0.15) is 47.2 Å². The molecule has 3 N–H and O–H groups in total. The van der Waals surface area contributed by atoms with Gasteiger partial charge in [0.05, 0.1) is 0 Å². The number of anilines is 1. The van der Waals surface area contributed by atoms with E-state index in [-0.39, 0.29) is 30.8 Å². The van der Waals surface area contributed by atoms with Crippen LogP contribution in [0.2, 0.25) is 0 Å². The first-order valence-corrected chi connectivity index (χ1v) is 12.3. The Labute approximate surface area is 189 Å². The van der Waals surface area contributed by atoms with E-state index in [2.05, 4.69) is 15.4 Å². The smallest absolute Gasteiger partial charge is 0.251 e. The Kier molecular flexibility index (Phi) is 8.19. The first-order valence-electron chi connectivity index (χ1n) is 10.8. The summed E-state index contributed by atoms with van der Waals surface area (Å²) in [4.78, 5) is 24.4. The van der Waals surface area contributed by atoms with Crippen LogP contribution in [0.15, 0.2) is 53.9 Å². The van der Waals surface area contributed by atoms with Crippen LogP contribution in [0.5, 0.6) is 0 Å². The Morgan fingerprint density at radius 1 is 0.969 bits per heavy atom. The number of aryl methyl sites for hydroxylation is 1. The minimum absolute atomic E-state index is 0.0309. The Morgan fingerprint density at radius 2 is 1.62 bits per heavy atom. The summed E-state index contributed by atoms with van der Waals surface area (Å²) in [6, 6.07) is 14.2. The molecule has 0 aromatic heterocycles. The van der Waals surface area contributed by atoms with Gasteiger partial charge in [-0.05, 0) is 55.7 Å². The van der Waals surface area contributed by atoms with Crippen LogP contribution >= 0.6 is 0 Å². The van der Waals surface area contributed by atoms with Gasteiger partial charge < -0.3 is 10.6 Å². The molecule has 0 atom stereocenters. The summed E-state index contributed by atoms with van der Waals surface area (Å²) in [5.41, 5.74) is 2.98. The van der Waals surface area contributed by atoms with E-state index in [9.17, 15) is 18.0 Å². The summed E-state index contributed by atoms with van der Waals surface area (Å²) in [6.45, 7) is 2.18. The van der Waals surface area contributed by atoms with Gasteiger partial charge in [-0.3, -0.25) is 9.59 Å². The lowest BCUT2D eigenvalue weighted by Crippen LogP contribution is -2.33. The molecule has 2 aromatic carbocycles. The molecule has 0 heterocycles. The van der Waals surface area contributed by atoms with E-state index in [0.717, 1.165) is 42.2 Å². The molecule has 1 aliphatic carbocycles. The highest BCUT2D eigenvalue weighted by Crippen LogP contribution is 2.26. The normalized spacial score (nSPS) is 14.5. The van der Waals surface area contributed by atoms with Crippen LogP contribution in [-0.4, -0.2) is 33.3 Å². The second-order valence-electron chi connectivity index (χ2n) is 7.96. The van der Waals surface area contributed by atoms with Crippen molar-refractivity contribution >= 4 is 33.6 Å². The van der Waals surface area contributed by atoms with Crippen molar-refractivity contribution in [2.24, 2.45) is 5.92 Å². The fraction of sp³-hybridized carbons (Fsp3) is 0.333. The zero-order valence-electron chi connectivity index (χ0n) is 18.1. The van der Waals surface area contributed by atoms with Crippen molar-refractivity contribution in [3.8, 4) is 0 Å². The Morgan fingerprint density at radius 3 is 2.28 bits per heavy atom. The van der Waals surface area contributed by atoms with Crippen molar-refractivity contribution in [2.75, 3.05) is 18.4 Å². The standard InChI is InChI=1S/C24H29N3O4S/c1-18-6-8-19(9-7-18)14-17-32(30,31)26-16-15-25-23(28)21-10-12-22(13-11-21)27-24(29)20-4-2-3-5-20/h6-14,17,20,26H,2-5,15-16H2,1H3,(H,25,28)(H,27,29)/b17-14+. The predicted octanol–water partition coefficient (Wildman–Crippen LogP) is 3.44. The maximum absolute atomic E-state index is 12.3. The maximum atomic E-state index is 12.3. The topological polar surface area (TPSA) is 104 Å². The van der Waals surface area contributed by atoms with Gasteiger partial charge in [0, 0.05) is 35.7 Å². The lowest BCUT2D eigenvalue weighted by atomic mass is 10.1. The van der Waals surface area contributed by atoms with Gasteiger partial charge in [-0.2, -0.15) is 0 Å². The van der Waals surface area contributed by atoms with Gasteiger partial charge in [0.1, 0.15) is 0 Å². The molecule has 1 fully saturated rings. The number of nitrogens with one attached hydrogen (secondary N) is 3. The molecule has 2 aromatic rings. The van der Waals surface area contributed by atoms with E-state index in [1.54, 1.807) is 24.3 Å². The SMILES string of the molecule is Cc1ccc(/C=C/S(=O)(=O)NCCNC(=O)c2ccc(NC(=O)C3CCCC3)cc2)cc1. The van der Waals surface area contributed by atoms with Gasteiger partial charge in [-0.1, -0.05) is 42.7 Å². The molecule has 2 amide bonds. The van der Waals surface area contributed by atoms with Crippen molar-refractivity contribution in [2.45, 2.75) is 32.6 Å². The lowest BCUT2D eigenvalue weighted by molar-refractivity contribution is -0.119. The van der Waals surface area contributed by atoms with Crippen LogP contribution in [-0.2, 0) is 14.8 Å². The summed E-state index contributed by atoms with van der Waals surface area (Å²) in [6.07, 6.45) is 5.57. The highest BCUT2D eigenvalue weighted by molar-refractivity contribution is 7.92. The van der Waals surface area contributed by atoms with Gasteiger partial charge in [0.2, 0.25) is 15.9 Å². The molecular weight excluding hydrogens is 426 g/mol. The van der Waals surface area contributed by atoms with Crippen LogP contribution in [0.3, 0.4) is 0 Å². The zero-order valence-corrected chi connectivity index (χ0v) is 19.0. The monoisotopic (exact) mass is 455 g/mol. The first-order chi connectivity index (χ1) is 15.3. The molecule has 0 spiro atoms. The van der Waals surface area contributed by atoms with E-state index in [1.807, 2.05) is 31.2 Å². The number of carbonyl (C=O) groups is 2. The summed E-state index contributed by atoms with van der Waals surface area (Å²) in [5, 5.41) is 6.68. The second-order valence-corrected chi connectivity index (χ2v) is 9.61. The molecule has 0 bridgehead atoms. The zero-order chi connectivity index (χ0) is 23.0. The van der Waals surface area contributed by atoms with Crippen LogP contribution in [0, 0.1) is 12.8 Å². The van der Waals surface area contributed by atoms with Crippen LogP contribution in [0.4, 0.5) is 5.69 Å². The fourth-order valence-corrected chi connectivity index (χ4v) is 4.32. The summed E-state index contributed by atoms with van der Waals surface area (Å²) in [5.74, 6) is -0.204. The molecule has 8 heteroatoms. The van der Waals surface area contributed by atoms with Gasteiger partial charge in [0.15, 0.2) is 0 Å². The highest BCUT2D eigenvalue weighted by atomic mass is 32.2. The van der Waals surface area contributed by atoms with Crippen molar-refractivity contribution in [3.05, 3.63) is 70.6 Å². The average molecular weight is 456 g/mol. The Hall–Kier alpha value is -2.97. The lowest BCUT2D eigenvalue weighted by Gasteiger charge is -2.11. The minimum Gasteiger partial charge on any atom is -0.351 e. The van der Waals surface area contributed by atoms with Crippen molar-refractivity contribution in [1.82, 2.24) is 10.0 Å². The second kappa shape index (κ2) is 11.1. The molecular formula is C24H29N3O4S. The quantitative estimate of drug-likeness (QED) is 0.504. The van der Waals surface area contributed by atoms with E-state index in [4.69, 9.17) is 0 Å². The van der Waals surface area contributed by atoms with Gasteiger partial charge in [-0.15, -0.1) is 0 Å². The van der Waals surface area contributed by atoms with Crippen LogP contribution in [0.25, 0.3) is 6.08 Å². The third-order valence-electron chi connectivity index (χ3n) is 5.37. The molecule has 170 valence electrons. The average Bonchev–Trinajstić information content (AvgIpc) is 3.32. The molecule has 1 aliphatic rings. The number of carbonyl (C=O) groups excluding carboxylic acids is 2. The highest BCUT2D eigenvalue weighted by Gasteiger charge is 2.22. The fourth-order valence-electron chi connectivity index (χ4n) is 3.50. The van der Waals surface area contributed by atoms with Gasteiger partial charge >= 0.3 is 0 Å². The number of hydrogen-bond donors (Lipinski definition) is 3. The molecule has 0 radical (unpaired) electrons. The molecule has 32 heavy (non-hydrogen) atoms. The Bertz CT molecular complexity index is 1060. The largest absolute Gasteiger partial charge is 0.351 e. The van der Waals surface area contributed by atoms with E-state index in [0.29, 0.717) is 11.3 Å². The van der Waals surface area contributed by atoms with Crippen molar-refractivity contribution in [1.29, 1.82) is 0 Å². The van der Waals surface area contributed by atoms with Gasteiger partial charge in [0.25, 0.3) is 5.91 Å². The first kappa shape index (κ1) is 23.7. The summed E-state index contributed by atoms with van der Waals surface area (Å²) < 4.78 is 26.6. The number of amides is 2. The third kappa shape index (κ3) is 7.32. The van der Waals surface area contributed by atoms with E-state index < -0.39 is 10.0 Å².